The highest BCUT2D eigenvalue weighted by atomic mass is 19.4. The second kappa shape index (κ2) is 7.60. The molecule has 0 bridgehead atoms. The highest BCUT2D eigenvalue weighted by Gasteiger charge is 2.31. The van der Waals surface area contributed by atoms with Crippen molar-refractivity contribution >= 4 is 6.08 Å². The first kappa shape index (κ1) is 18.0. The Hall–Kier alpha value is -2.82. The van der Waals surface area contributed by atoms with E-state index in [1.807, 2.05) is 12.1 Å². The van der Waals surface area contributed by atoms with Crippen molar-refractivity contribution in [3.05, 3.63) is 35.5 Å². The number of alkyl halides is 3. The Morgan fingerprint density at radius 3 is 2.65 bits per heavy atom. The lowest BCUT2D eigenvalue weighted by molar-refractivity contribution is -0.274. The molecule has 0 atom stereocenters. The molecule has 0 amide bonds. The van der Waals surface area contributed by atoms with E-state index in [1.165, 1.54) is 31.4 Å². The van der Waals surface area contributed by atoms with Crippen molar-refractivity contribution in [1.29, 1.82) is 5.26 Å². The van der Waals surface area contributed by atoms with Gasteiger partial charge in [0.15, 0.2) is 5.69 Å². The molecule has 0 spiro atoms. The Labute approximate surface area is 148 Å². The van der Waals surface area contributed by atoms with E-state index in [-0.39, 0.29) is 17.1 Å². The molecule has 1 aliphatic carbocycles. The number of rotatable bonds is 4. The van der Waals surface area contributed by atoms with Crippen molar-refractivity contribution in [2.45, 2.75) is 38.5 Å². The van der Waals surface area contributed by atoms with Gasteiger partial charge in [0.25, 0.3) is 0 Å². The maximum absolute atomic E-state index is 12.6. The van der Waals surface area contributed by atoms with Crippen LogP contribution in [0.1, 0.15) is 43.4 Å². The van der Waals surface area contributed by atoms with Crippen LogP contribution in [0.3, 0.4) is 0 Å². The predicted octanol–water partition coefficient (Wildman–Crippen LogP) is 4.84. The molecule has 0 radical (unpaired) electrons. The van der Waals surface area contributed by atoms with E-state index < -0.39 is 6.36 Å². The fourth-order valence-electron chi connectivity index (χ4n) is 3.13. The first-order valence-corrected chi connectivity index (χ1v) is 8.35. The van der Waals surface area contributed by atoms with E-state index in [9.17, 15) is 13.2 Å². The molecular formula is C18H17F3N4O. The van der Waals surface area contributed by atoms with Crippen LogP contribution in [-0.4, -0.2) is 21.8 Å². The zero-order valence-electron chi connectivity index (χ0n) is 13.9. The van der Waals surface area contributed by atoms with Gasteiger partial charge in [0.1, 0.15) is 17.5 Å². The molecule has 8 heteroatoms. The summed E-state index contributed by atoms with van der Waals surface area (Å²) in [7, 11) is 0. The van der Waals surface area contributed by atoms with Crippen LogP contribution in [-0.2, 0) is 0 Å². The van der Waals surface area contributed by atoms with Gasteiger partial charge in [-0.1, -0.05) is 36.6 Å². The quantitative estimate of drug-likeness (QED) is 0.845. The zero-order chi connectivity index (χ0) is 18.6. The number of benzene rings is 1. The van der Waals surface area contributed by atoms with E-state index in [0.717, 1.165) is 12.8 Å². The van der Waals surface area contributed by atoms with E-state index >= 15 is 0 Å². The van der Waals surface area contributed by atoms with Gasteiger partial charge < -0.3 is 4.74 Å². The van der Waals surface area contributed by atoms with Crippen LogP contribution >= 0.6 is 0 Å². The third kappa shape index (κ3) is 4.63. The molecule has 1 aliphatic rings. The first-order valence-electron chi connectivity index (χ1n) is 8.35. The Morgan fingerprint density at radius 1 is 1.19 bits per heavy atom. The summed E-state index contributed by atoms with van der Waals surface area (Å²) in [6.45, 7) is 0. The standard InChI is InChI=1S/C18H17F3N4O/c19-18(20,21)26-15-9-13(7-6-12-4-2-1-3-5-12)8-14(10-15)17-16(11-22)23-25-24-17/h6-10,12H,1-5H2,(H,23,24,25)/b7-6+. The Balaban J connectivity index is 1.95. The molecule has 1 aromatic carbocycles. The Morgan fingerprint density at radius 2 is 1.96 bits per heavy atom. The van der Waals surface area contributed by atoms with Gasteiger partial charge in [-0.3, -0.25) is 0 Å². The van der Waals surface area contributed by atoms with Crippen molar-refractivity contribution in [3.8, 4) is 23.1 Å². The molecule has 0 aliphatic heterocycles. The summed E-state index contributed by atoms with van der Waals surface area (Å²) >= 11 is 0. The zero-order valence-corrected chi connectivity index (χ0v) is 13.9. The number of aromatic amines is 1. The second-order valence-electron chi connectivity index (χ2n) is 6.24. The highest BCUT2D eigenvalue weighted by molar-refractivity contribution is 5.70. The van der Waals surface area contributed by atoms with Gasteiger partial charge >= 0.3 is 6.36 Å². The molecule has 5 nitrogen and oxygen atoms in total. The number of allylic oxidation sites excluding steroid dienone is 1. The number of nitriles is 1. The lowest BCUT2D eigenvalue weighted by atomic mass is 9.88. The van der Waals surface area contributed by atoms with E-state index in [0.29, 0.717) is 17.0 Å². The summed E-state index contributed by atoms with van der Waals surface area (Å²) in [6, 6.07) is 6.07. The number of hydrogen-bond donors (Lipinski definition) is 1. The van der Waals surface area contributed by atoms with Crippen molar-refractivity contribution < 1.29 is 17.9 Å². The summed E-state index contributed by atoms with van der Waals surface area (Å²) in [4.78, 5) is 0. The summed E-state index contributed by atoms with van der Waals surface area (Å²) < 4.78 is 42.0. The van der Waals surface area contributed by atoms with Gasteiger partial charge in [0.2, 0.25) is 0 Å². The van der Waals surface area contributed by atoms with Crippen LogP contribution in [0.25, 0.3) is 17.3 Å². The molecule has 0 unspecified atom stereocenters. The minimum atomic E-state index is -4.80. The maximum atomic E-state index is 12.6. The average Bonchev–Trinajstić information content (AvgIpc) is 3.08. The summed E-state index contributed by atoms with van der Waals surface area (Å²) in [5.74, 6) is 0.0753. The van der Waals surface area contributed by atoms with Gasteiger partial charge in [-0.25, -0.2) is 5.10 Å². The third-order valence-corrected chi connectivity index (χ3v) is 4.31. The van der Waals surface area contributed by atoms with Gasteiger partial charge in [-0.15, -0.1) is 18.3 Å². The SMILES string of the molecule is N#Cc1[nH]nnc1-c1cc(/C=C/C2CCCCC2)cc(OC(F)(F)F)c1. The molecule has 1 fully saturated rings. The van der Waals surface area contributed by atoms with Gasteiger partial charge in [-0.05, 0) is 42.5 Å². The van der Waals surface area contributed by atoms with Crippen molar-refractivity contribution in [2.24, 2.45) is 5.92 Å². The number of halogens is 3. The third-order valence-electron chi connectivity index (χ3n) is 4.31. The topological polar surface area (TPSA) is 74.6 Å². The van der Waals surface area contributed by atoms with Crippen molar-refractivity contribution in [2.75, 3.05) is 0 Å². The second-order valence-corrected chi connectivity index (χ2v) is 6.24. The fourth-order valence-corrected chi connectivity index (χ4v) is 3.13. The summed E-state index contributed by atoms with van der Waals surface area (Å²) in [6.07, 6.45) is 4.77. The van der Waals surface area contributed by atoms with Gasteiger partial charge in [0, 0.05) is 5.56 Å². The largest absolute Gasteiger partial charge is 0.573 e. The van der Waals surface area contributed by atoms with Crippen LogP contribution in [0.15, 0.2) is 24.3 Å². The number of nitrogens with one attached hydrogen (secondary N) is 1. The molecule has 136 valence electrons. The minimum absolute atomic E-state index is 0.0800. The monoisotopic (exact) mass is 362 g/mol. The Bertz CT molecular complexity index is 830. The van der Waals surface area contributed by atoms with Crippen LogP contribution < -0.4 is 4.74 Å². The normalized spacial score (nSPS) is 15.9. The highest BCUT2D eigenvalue weighted by Crippen LogP contribution is 2.31. The summed E-state index contributed by atoms with van der Waals surface area (Å²) in [5, 5.41) is 18.8. The maximum Gasteiger partial charge on any atom is 0.573 e. The molecule has 1 heterocycles. The van der Waals surface area contributed by atoms with Crippen molar-refractivity contribution in [1.82, 2.24) is 15.4 Å². The van der Waals surface area contributed by atoms with Gasteiger partial charge in [-0.2, -0.15) is 5.26 Å². The smallest absolute Gasteiger partial charge is 0.406 e. The molecule has 1 aromatic heterocycles. The summed E-state index contributed by atoms with van der Waals surface area (Å²) in [5.41, 5.74) is 1.16. The average molecular weight is 362 g/mol. The molecule has 1 saturated carbocycles. The van der Waals surface area contributed by atoms with Crippen LogP contribution in [0.5, 0.6) is 5.75 Å². The number of aromatic nitrogens is 3. The Kier molecular flexibility index (Phi) is 5.26. The number of hydrogen-bond acceptors (Lipinski definition) is 4. The number of ether oxygens (including phenoxy) is 1. The fraction of sp³-hybridized carbons (Fsp3) is 0.389. The minimum Gasteiger partial charge on any atom is -0.406 e. The molecule has 2 aromatic rings. The van der Waals surface area contributed by atoms with Crippen LogP contribution in [0.4, 0.5) is 13.2 Å². The van der Waals surface area contributed by atoms with Gasteiger partial charge in [0.05, 0.1) is 0 Å². The number of H-pyrrole nitrogens is 1. The van der Waals surface area contributed by atoms with Crippen LogP contribution in [0.2, 0.25) is 0 Å². The predicted molar refractivity (Wildman–Crippen MR) is 88.8 cm³/mol. The first-order chi connectivity index (χ1) is 12.4. The van der Waals surface area contributed by atoms with Crippen molar-refractivity contribution in [3.63, 3.8) is 0 Å². The molecular weight excluding hydrogens is 345 g/mol. The molecule has 1 N–H and O–H groups in total. The van der Waals surface area contributed by atoms with E-state index in [1.54, 1.807) is 12.1 Å². The lowest BCUT2D eigenvalue weighted by Gasteiger charge is -2.17. The molecule has 0 saturated heterocycles. The molecule has 26 heavy (non-hydrogen) atoms. The van der Waals surface area contributed by atoms with E-state index in [4.69, 9.17) is 5.26 Å². The lowest BCUT2D eigenvalue weighted by Crippen LogP contribution is -2.17. The molecule has 3 rings (SSSR count). The van der Waals surface area contributed by atoms with E-state index in [2.05, 4.69) is 20.1 Å². The number of nitrogens with zero attached hydrogens (tertiary/aromatic N) is 3. The van der Waals surface area contributed by atoms with Crippen LogP contribution in [0, 0.1) is 17.2 Å².